The number of methoxy groups -OCH3 is 2. The van der Waals surface area contributed by atoms with E-state index in [-0.39, 0.29) is 12.2 Å². The maximum absolute atomic E-state index is 6.08. The Hall–Kier alpha value is -0.810. The van der Waals surface area contributed by atoms with Crippen LogP contribution in [0.4, 0.5) is 5.69 Å². The van der Waals surface area contributed by atoms with E-state index in [2.05, 4.69) is 16.3 Å². The van der Waals surface area contributed by atoms with Gasteiger partial charge >= 0.3 is 0 Å². The molecule has 2 unspecified atom stereocenters. The number of ether oxygens (including phenoxy) is 2. The van der Waals surface area contributed by atoms with Crippen LogP contribution in [-0.4, -0.2) is 46.6 Å². The van der Waals surface area contributed by atoms with Crippen LogP contribution in [0.5, 0.6) is 0 Å². The van der Waals surface area contributed by atoms with Gasteiger partial charge < -0.3 is 19.7 Å². The maximum Gasteiger partial charge on any atom is 0.102 e. The lowest BCUT2D eigenvalue weighted by Crippen LogP contribution is -2.27. The number of hydrogen-bond acceptors (Lipinski definition) is 4. The van der Waals surface area contributed by atoms with Crippen LogP contribution in [0.2, 0.25) is 5.02 Å². The Balaban J connectivity index is 2.22. The average Bonchev–Trinajstić information content (AvgIpc) is 2.82. The van der Waals surface area contributed by atoms with Gasteiger partial charge in [0.05, 0.1) is 0 Å². The summed E-state index contributed by atoms with van der Waals surface area (Å²) in [6.45, 7) is 2.47. The van der Waals surface area contributed by atoms with Gasteiger partial charge in [-0.2, -0.15) is 0 Å². The third kappa shape index (κ3) is 3.20. The maximum atomic E-state index is 6.08. The monoisotopic (exact) mass is 284 g/mol. The summed E-state index contributed by atoms with van der Waals surface area (Å²) in [6, 6.07) is 6.01. The molecule has 0 saturated carbocycles. The van der Waals surface area contributed by atoms with E-state index in [9.17, 15) is 0 Å². The van der Waals surface area contributed by atoms with E-state index in [0.29, 0.717) is 0 Å². The SMILES string of the molecule is CNCc1cc(Cl)ccc1N1CC(OC)C(OC)C1. The molecule has 0 spiro atoms. The van der Waals surface area contributed by atoms with E-state index in [0.717, 1.165) is 24.7 Å². The molecule has 5 heteroatoms. The third-order valence-electron chi connectivity index (χ3n) is 3.57. The number of nitrogens with zero attached hydrogens (tertiary/aromatic N) is 1. The predicted molar refractivity (Wildman–Crippen MR) is 78.0 cm³/mol. The van der Waals surface area contributed by atoms with Crippen molar-refractivity contribution in [2.75, 3.05) is 39.3 Å². The van der Waals surface area contributed by atoms with E-state index in [4.69, 9.17) is 21.1 Å². The van der Waals surface area contributed by atoms with E-state index in [1.807, 2.05) is 19.2 Å². The quantitative estimate of drug-likeness (QED) is 0.896. The summed E-state index contributed by atoms with van der Waals surface area (Å²) < 4.78 is 11.0. The highest BCUT2D eigenvalue weighted by Gasteiger charge is 2.33. The lowest BCUT2D eigenvalue weighted by molar-refractivity contribution is -0.00461. The summed E-state index contributed by atoms with van der Waals surface area (Å²) in [5.74, 6) is 0. The fraction of sp³-hybridized carbons (Fsp3) is 0.571. The van der Waals surface area contributed by atoms with Gasteiger partial charge in [0, 0.05) is 44.6 Å². The van der Waals surface area contributed by atoms with E-state index < -0.39 is 0 Å². The molecular formula is C14H21ClN2O2. The third-order valence-corrected chi connectivity index (χ3v) is 3.81. The van der Waals surface area contributed by atoms with Gasteiger partial charge in [-0.25, -0.2) is 0 Å². The van der Waals surface area contributed by atoms with Gasteiger partial charge in [-0.15, -0.1) is 0 Å². The van der Waals surface area contributed by atoms with Crippen LogP contribution in [0.1, 0.15) is 5.56 Å². The van der Waals surface area contributed by atoms with Crippen molar-refractivity contribution in [2.24, 2.45) is 0 Å². The Labute approximate surface area is 119 Å². The first-order valence-electron chi connectivity index (χ1n) is 6.43. The normalized spacial score (nSPS) is 23.1. The summed E-state index contributed by atoms with van der Waals surface area (Å²) in [6.07, 6.45) is 0.228. The summed E-state index contributed by atoms with van der Waals surface area (Å²) in [5, 5.41) is 3.94. The lowest BCUT2D eigenvalue weighted by Gasteiger charge is -2.22. The van der Waals surface area contributed by atoms with Crippen molar-refractivity contribution in [1.82, 2.24) is 5.32 Å². The van der Waals surface area contributed by atoms with Crippen LogP contribution < -0.4 is 10.2 Å². The summed E-state index contributed by atoms with van der Waals surface area (Å²) in [7, 11) is 5.40. The molecule has 0 amide bonds. The zero-order valence-corrected chi connectivity index (χ0v) is 12.4. The first kappa shape index (κ1) is 14.6. The Bertz CT molecular complexity index is 416. The van der Waals surface area contributed by atoms with Crippen LogP contribution in [0.3, 0.4) is 0 Å². The number of anilines is 1. The van der Waals surface area contributed by atoms with Crippen LogP contribution in [0.25, 0.3) is 0 Å². The predicted octanol–water partition coefficient (Wildman–Crippen LogP) is 1.91. The van der Waals surface area contributed by atoms with Crippen LogP contribution >= 0.6 is 11.6 Å². The molecule has 2 atom stereocenters. The van der Waals surface area contributed by atoms with E-state index in [1.165, 1.54) is 11.3 Å². The van der Waals surface area contributed by atoms with Crippen molar-refractivity contribution < 1.29 is 9.47 Å². The Morgan fingerprint density at radius 1 is 1.26 bits per heavy atom. The van der Waals surface area contributed by atoms with Crippen molar-refractivity contribution in [3.63, 3.8) is 0 Å². The minimum absolute atomic E-state index is 0.114. The van der Waals surface area contributed by atoms with Crippen LogP contribution in [-0.2, 0) is 16.0 Å². The van der Waals surface area contributed by atoms with Crippen molar-refractivity contribution in [3.8, 4) is 0 Å². The highest BCUT2D eigenvalue weighted by molar-refractivity contribution is 6.30. The van der Waals surface area contributed by atoms with Gasteiger partial charge in [-0.1, -0.05) is 11.6 Å². The topological polar surface area (TPSA) is 33.7 Å². The van der Waals surface area contributed by atoms with Crippen molar-refractivity contribution >= 4 is 17.3 Å². The summed E-state index contributed by atoms with van der Waals surface area (Å²) >= 11 is 6.08. The molecule has 4 nitrogen and oxygen atoms in total. The molecule has 2 rings (SSSR count). The van der Waals surface area contributed by atoms with Gasteiger partial charge in [0.1, 0.15) is 12.2 Å². The molecule has 1 fully saturated rings. The smallest absolute Gasteiger partial charge is 0.102 e. The number of benzene rings is 1. The van der Waals surface area contributed by atoms with Crippen LogP contribution in [0, 0.1) is 0 Å². The van der Waals surface area contributed by atoms with Crippen molar-refractivity contribution in [2.45, 2.75) is 18.8 Å². The Kier molecular flexibility index (Phi) is 5.05. The largest absolute Gasteiger partial charge is 0.377 e. The molecule has 1 heterocycles. The highest BCUT2D eigenvalue weighted by Crippen LogP contribution is 2.29. The van der Waals surface area contributed by atoms with Crippen molar-refractivity contribution in [3.05, 3.63) is 28.8 Å². The number of halogens is 1. The minimum Gasteiger partial charge on any atom is -0.377 e. The first-order chi connectivity index (χ1) is 9.19. The highest BCUT2D eigenvalue weighted by atomic mass is 35.5. The zero-order chi connectivity index (χ0) is 13.8. The molecule has 1 saturated heterocycles. The van der Waals surface area contributed by atoms with E-state index in [1.54, 1.807) is 14.2 Å². The summed E-state index contributed by atoms with van der Waals surface area (Å²) in [5.41, 5.74) is 2.39. The molecule has 1 aromatic carbocycles. The van der Waals surface area contributed by atoms with Gasteiger partial charge in [0.2, 0.25) is 0 Å². The van der Waals surface area contributed by atoms with Crippen molar-refractivity contribution in [1.29, 1.82) is 0 Å². The number of nitrogens with one attached hydrogen (secondary N) is 1. The molecule has 0 radical (unpaired) electrons. The van der Waals surface area contributed by atoms with Gasteiger partial charge in [0.25, 0.3) is 0 Å². The first-order valence-corrected chi connectivity index (χ1v) is 6.81. The molecule has 0 aromatic heterocycles. The average molecular weight is 285 g/mol. The molecule has 1 aliphatic heterocycles. The number of hydrogen-bond donors (Lipinski definition) is 1. The molecule has 106 valence electrons. The van der Waals surface area contributed by atoms with Gasteiger partial charge in [-0.05, 0) is 30.8 Å². The second-order valence-electron chi connectivity index (χ2n) is 4.76. The Morgan fingerprint density at radius 2 is 1.89 bits per heavy atom. The molecule has 0 aliphatic carbocycles. The Morgan fingerprint density at radius 3 is 2.42 bits per heavy atom. The molecular weight excluding hydrogens is 264 g/mol. The lowest BCUT2D eigenvalue weighted by atomic mass is 10.1. The second kappa shape index (κ2) is 6.57. The molecule has 1 N–H and O–H groups in total. The minimum atomic E-state index is 0.114. The summed E-state index contributed by atoms with van der Waals surface area (Å²) in [4.78, 5) is 2.30. The van der Waals surface area contributed by atoms with Gasteiger partial charge in [-0.3, -0.25) is 0 Å². The standard InChI is InChI=1S/C14H21ClN2O2/c1-16-7-10-6-11(15)4-5-12(10)17-8-13(18-2)14(9-17)19-3/h4-6,13-14,16H,7-9H2,1-3H3. The van der Waals surface area contributed by atoms with Crippen LogP contribution in [0.15, 0.2) is 18.2 Å². The van der Waals surface area contributed by atoms with Gasteiger partial charge in [0.15, 0.2) is 0 Å². The molecule has 1 aliphatic rings. The number of rotatable bonds is 5. The molecule has 1 aromatic rings. The molecule has 19 heavy (non-hydrogen) atoms. The fourth-order valence-corrected chi connectivity index (χ4v) is 2.78. The zero-order valence-electron chi connectivity index (χ0n) is 11.6. The van der Waals surface area contributed by atoms with E-state index >= 15 is 0 Å². The fourth-order valence-electron chi connectivity index (χ4n) is 2.59. The molecule has 0 bridgehead atoms. The second-order valence-corrected chi connectivity index (χ2v) is 5.19.